The van der Waals surface area contributed by atoms with Crippen LogP contribution in [0.3, 0.4) is 0 Å². The van der Waals surface area contributed by atoms with Gasteiger partial charge >= 0.3 is 5.97 Å². The normalized spacial score (nSPS) is 19.2. The molecule has 0 aliphatic heterocycles. The van der Waals surface area contributed by atoms with Crippen molar-refractivity contribution in [2.24, 2.45) is 0 Å². The lowest BCUT2D eigenvalue weighted by atomic mass is 9.88. The van der Waals surface area contributed by atoms with Crippen LogP contribution in [0.15, 0.2) is 37.4 Å². The van der Waals surface area contributed by atoms with Gasteiger partial charge < -0.3 is 24.7 Å². The van der Waals surface area contributed by atoms with Gasteiger partial charge in [0, 0.05) is 13.0 Å². The second-order valence-corrected chi connectivity index (χ2v) is 5.93. The molecule has 10 nitrogen and oxygen atoms in total. The van der Waals surface area contributed by atoms with Crippen LogP contribution >= 0.6 is 0 Å². The highest BCUT2D eigenvalue weighted by molar-refractivity contribution is 5.66. The number of carbonyl (C=O) groups is 1. The van der Waals surface area contributed by atoms with E-state index in [9.17, 15) is 4.79 Å². The molecule has 4 N–H and O–H groups in total. The van der Waals surface area contributed by atoms with Crippen molar-refractivity contribution in [1.29, 1.82) is 0 Å². The van der Waals surface area contributed by atoms with E-state index in [1.807, 2.05) is 0 Å². The maximum atomic E-state index is 10.8. The number of carboxylic acids is 1. The third-order valence-corrected chi connectivity index (χ3v) is 4.39. The number of hydrogen-bond acceptors (Lipinski definition) is 9. The van der Waals surface area contributed by atoms with E-state index in [0.717, 1.165) is 12.8 Å². The van der Waals surface area contributed by atoms with E-state index in [4.69, 9.17) is 20.9 Å². The molecule has 148 valence electrons. The zero-order chi connectivity index (χ0) is 19.7. The standard InChI is InChI=1S/C16H26N2O8/c1-11(24-21)17(10-6-9-16(19)20)14-7-4-5-8-15(14)18(12(2)25-22)13(3)26-23/h14-15,21-23H,1-10H2,(H,19,20). The van der Waals surface area contributed by atoms with E-state index < -0.39 is 12.0 Å². The van der Waals surface area contributed by atoms with Gasteiger partial charge in [-0.3, -0.25) is 9.69 Å². The van der Waals surface area contributed by atoms with E-state index in [1.165, 1.54) is 4.90 Å². The number of hydrogen-bond donors (Lipinski definition) is 4. The SMILES string of the molecule is C=C(OO)N(CCCC(=O)O)C1CCCCC1N(C(=C)OO)C(=C)OO. The first-order valence-corrected chi connectivity index (χ1v) is 8.16. The summed E-state index contributed by atoms with van der Waals surface area (Å²) >= 11 is 0. The predicted molar refractivity (Wildman–Crippen MR) is 90.0 cm³/mol. The molecule has 0 aromatic rings. The summed E-state index contributed by atoms with van der Waals surface area (Å²) in [6, 6.07) is -0.740. The van der Waals surface area contributed by atoms with Crippen LogP contribution in [0, 0.1) is 0 Å². The first-order chi connectivity index (χ1) is 12.4. The van der Waals surface area contributed by atoms with Crippen LogP contribution < -0.4 is 0 Å². The maximum Gasteiger partial charge on any atom is 0.303 e. The Kier molecular flexibility index (Phi) is 8.76. The summed E-state index contributed by atoms with van der Waals surface area (Å²) in [5.74, 6) is -1.39. The van der Waals surface area contributed by atoms with Gasteiger partial charge in [-0.15, -0.1) is 0 Å². The summed E-state index contributed by atoms with van der Waals surface area (Å²) in [5, 5.41) is 35.8. The lowest BCUT2D eigenvalue weighted by Gasteiger charge is -2.45. The van der Waals surface area contributed by atoms with E-state index in [0.29, 0.717) is 19.3 Å². The minimum atomic E-state index is -0.939. The molecule has 0 radical (unpaired) electrons. The van der Waals surface area contributed by atoms with Gasteiger partial charge in [0.2, 0.25) is 17.6 Å². The van der Waals surface area contributed by atoms with Gasteiger partial charge in [0.05, 0.1) is 12.1 Å². The molecular formula is C16H26N2O8. The number of aliphatic carboxylic acids is 1. The van der Waals surface area contributed by atoms with Crippen LogP contribution in [-0.4, -0.2) is 55.3 Å². The molecule has 10 heteroatoms. The molecule has 1 aliphatic rings. The molecule has 2 unspecified atom stereocenters. The molecule has 1 rings (SSSR count). The van der Waals surface area contributed by atoms with Gasteiger partial charge in [-0.1, -0.05) is 12.8 Å². The Hall–Kier alpha value is -2.43. The topological polar surface area (TPSA) is 132 Å². The quantitative estimate of drug-likeness (QED) is 0.229. The Morgan fingerprint density at radius 2 is 1.42 bits per heavy atom. The van der Waals surface area contributed by atoms with Gasteiger partial charge in [0.1, 0.15) is 0 Å². The lowest BCUT2D eigenvalue weighted by molar-refractivity contribution is -0.260. The van der Waals surface area contributed by atoms with Gasteiger partial charge in [0.15, 0.2) is 0 Å². The minimum absolute atomic E-state index is 0.0432. The summed E-state index contributed by atoms with van der Waals surface area (Å²) in [6.45, 7) is 11.0. The minimum Gasteiger partial charge on any atom is -0.481 e. The molecule has 1 saturated carbocycles. The van der Waals surface area contributed by atoms with Crippen molar-refractivity contribution in [3.63, 3.8) is 0 Å². The van der Waals surface area contributed by atoms with Crippen LogP contribution in [0.1, 0.15) is 38.5 Å². The molecule has 0 saturated heterocycles. The monoisotopic (exact) mass is 374 g/mol. The fourth-order valence-corrected chi connectivity index (χ4v) is 3.28. The Morgan fingerprint density at radius 1 is 0.923 bits per heavy atom. The molecule has 2 atom stereocenters. The molecular weight excluding hydrogens is 348 g/mol. The lowest BCUT2D eigenvalue weighted by Crippen LogP contribution is -2.53. The molecule has 26 heavy (non-hydrogen) atoms. The molecule has 0 aromatic heterocycles. The summed E-state index contributed by atoms with van der Waals surface area (Å²) in [5.41, 5.74) is 0. The van der Waals surface area contributed by atoms with Gasteiger partial charge in [-0.05, 0) is 39.0 Å². The van der Waals surface area contributed by atoms with Crippen LogP contribution in [0.4, 0.5) is 0 Å². The fourth-order valence-electron chi connectivity index (χ4n) is 3.28. The summed E-state index contributed by atoms with van der Waals surface area (Å²) in [7, 11) is 0. The van der Waals surface area contributed by atoms with Crippen molar-refractivity contribution in [2.45, 2.75) is 50.6 Å². The zero-order valence-corrected chi connectivity index (χ0v) is 14.5. The van der Waals surface area contributed by atoms with Crippen LogP contribution in [0.2, 0.25) is 0 Å². The third-order valence-electron chi connectivity index (χ3n) is 4.39. The smallest absolute Gasteiger partial charge is 0.303 e. The van der Waals surface area contributed by atoms with Gasteiger partial charge in [-0.2, -0.15) is 0 Å². The predicted octanol–water partition coefficient (Wildman–Crippen LogP) is 2.65. The highest BCUT2D eigenvalue weighted by Gasteiger charge is 2.38. The van der Waals surface area contributed by atoms with Crippen LogP contribution in [0.25, 0.3) is 0 Å². The van der Waals surface area contributed by atoms with E-state index in [2.05, 4.69) is 34.4 Å². The Labute approximate surface area is 151 Å². The first kappa shape index (κ1) is 21.6. The Balaban J connectivity index is 3.09. The largest absolute Gasteiger partial charge is 0.481 e. The third kappa shape index (κ3) is 5.55. The molecule has 1 aliphatic carbocycles. The highest BCUT2D eigenvalue weighted by Crippen LogP contribution is 2.33. The first-order valence-electron chi connectivity index (χ1n) is 8.16. The molecule has 1 fully saturated rings. The second kappa shape index (κ2) is 10.5. The second-order valence-electron chi connectivity index (χ2n) is 5.93. The average molecular weight is 374 g/mol. The number of nitrogens with zero attached hydrogens (tertiary/aromatic N) is 2. The fraction of sp³-hybridized carbons (Fsp3) is 0.562. The van der Waals surface area contributed by atoms with E-state index in [1.54, 1.807) is 4.90 Å². The molecule has 0 aromatic carbocycles. The molecule has 0 amide bonds. The van der Waals surface area contributed by atoms with Crippen molar-refractivity contribution < 1.29 is 40.3 Å². The van der Waals surface area contributed by atoms with Gasteiger partial charge in [0.25, 0.3) is 0 Å². The molecule has 0 bridgehead atoms. The van der Waals surface area contributed by atoms with Gasteiger partial charge in [-0.25, -0.2) is 15.8 Å². The average Bonchev–Trinajstić information content (AvgIpc) is 2.64. The van der Waals surface area contributed by atoms with Crippen molar-refractivity contribution in [3.8, 4) is 0 Å². The summed E-state index contributed by atoms with van der Waals surface area (Å²) < 4.78 is 0. The van der Waals surface area contributed by atoms with Crippen LogP contribution in [-0.2, 0) is 19.5 Å². The Morgan fingerprint density at radius 3 is 1.88 bits per heavy atom. The number of rotatable bonds is 12. The van der Waals surface area contributed by atoms with Crippen molar-refractivity contribution in [2.75, 3.05) is 6.54 Å². The molecule has 0 heterocycles. The van der Waals surface area contributed by atoms with Crippen molar-refractivity contribution in [1.82, 2.24) is 9.80 Å². The summed E-state index contributed by atoms with van der Waals surface area (Å²) in [4.78, 5) is 26.4. The Bertz CT molecular complexity index is 508. The summed E-state index contributed by atoms with van der Waals surface area (Å²) in [6.07, 6.45) is 3.19. The number of carboxylic acid groups (broad SMARTS) is 1. The maximum absolute atomic E-state index is 10.8. The van der Waals surface area contributed by atoms with Crippen molar-refractivity contribution >= 4 is 5.97 Å². The zero-order valence-electron chi connectivity index (χ0n) is 14.5. The molecule has 0 spiro atoms. The highest BCUT2D eigenvalue weighted by atomic mass is 17.1. The van der Waals surface area contributed by atoms with Crippen LogP contribution in [0.5, 0.6) is 0 Å². The van der Waals surface area contributed by atoms with E-state index in [-0.39, 0.29) is 36.7 Å². The van der Waals surface area contributed by atoms with E-state index >= 15 is 0 Å². The van der Waals surface area contributed by atoms with Crippen molar-refractivity contribution in [3.05, 3.63) is 37.4 Å².